The molecular formula is C11H9BrClF2N3. The number of aryl methyl sites for hydroxylation is 1. The van der Waals surface area contributed by atoms with Gasteiger partial charge in [-0.15, -0.1) is 16.7 Å². The van der Waals surface area contributed by atoms with Crippen LogP contribution in [0.2, 0.25) is 0 Å². The Kier molecular flexibility index (Phi) is 4.29. The van der Waals surface area contributed by atoms with E-state index in [9.17, 15) is 8.78 Å². The van der Waals surface area contributed by atoms with Gasteiger partial charge in [0.25, 0.3) is 0 Å². The summed E-state index contributed by atoms with van der Waals surface area (Å²) in [7, 11) is 0. The third-order valence-corrected chi connectivity index (χ3v) is 3.19. The maximum Gasteiger partial charge on any atom is 0.152 e. The molecule has 0 aliphatic heterocycles. The normalized spacial score (nSPS) is 10.9. The van der Waals surface area contributed by atoms with E-state index in [2.05, 4.69) is 26.2 Å². The summed E-state index contributed by atoms with van der Waals surface area (Å²) in [5.41, 5.74) is 0.854. The van der Waals surface area contributed by atoms with Gasteiger partial charge >= 0.3 is 0 Å². The first-order chi connectivity index (χ1) is 8.61. The van der Waals surface area contributed by atoms with Crippen molar-refractivity contribution in [2.75, 3.05) is 5.88 Å². The van der Waals surface area contributed by atoms with Crippen molar-refractivity contribution in [2.24, 2.45) is 0 Å². The third-order valence-electron chi connectivity index (χ3n) is 2.32. The van der Waals surface area contributed by atoms with Gasteiger partial charge in [0.05, 0.1) is 11.9 Å². The van der Waals surface area contributed by atoms with Crippen LogP contribution in [0.4, 0.5) is 8.78 Å². The molecule has 96 valence electrons. The Bertz CT molecular complexity index is 536. The van der Waals surface area contributed by atoms with Gasteiger partial charge in [-0.05, 0) is 34.8 Å². The number of alkyl halides is 1. The van der Waals surface area contributed by atoms with Crippen LogP contribution in [0.3, 0.4) is 0 Å². The number of benzene rings is 1. The first-order valence-corrected chi connectivity index (χ1v) is 6.56. The maximum absolute atomic E-state index is 13.7. The number of hydrogen-bond acceptors (Lipinski definition) is 2. The summed E-state index contributed by atoms with van der Waals surface area (Å²) in [6.45, 7) is 0. The fraction of sp³-hybridized carbons (Fsp3) is 0.273. The zero-order valence-electron chi connectivity index (χ0n) is 9.21. The van der Waals surface area contributed by atoms with Gasteiger partial charge in [-0.2, -0.15) is 0 Å². The van der Waals surface area contributed by atoms with Crippen molar-refractivity contribution in [3.05, 3.63) is 40.1 Å². The van der Waals surface area contributed by atoms with Gasteiger partial charge in [-0.25, -0.2) is 13.5 Å². The van der Waals surface area contributed by atoms with Crippen molar-refractivity contribution in [1.29, 1.82) is 0 Å². The Morgan fingerprint density at radius 2 is 2.11 bits per heavy atom. The van der Waals surface area contributed by atoms with E-state index in [1.54, 1.807) is 6.20 Å². The van der Waals surface area contributed by atoms with Crippen LogP contribution in [0, 0.1) is 11.6 Å². The minimum absolute atomic E-state index is 0.140. The second-order valence-electron chi connectivity index (χ2n) is 3.67. The number of hydrogen-bond donors (Lipinski definition) is 0. The van der Waals surface area contributed by atoms with E-state index in [0.717, 1.165) is 12.5 Å². The zero-order valence-corrected chi connectivity index (χ0v) is 11.5. The fourth-order valence-corrected chi connectivity index (χ4v) is 2.25. The zero-order chi connectivity index (χ0) is 13.1. The summed E-state index contributed by atoms with van der Waals surface area (Å²) in [4.78, 5) is 0. The van der Waals surface area contributed by atoms with Gasteiger partial charge < -0.3 is 0 Å². The molecule has 0 atom stereocenters. The highest BCUT2D eigenvalue weighted by atomic mass is 79.9. The average Bonchev–Trinajstić information content (AvgIpc) is 2.73. The van der Waals surface area contributed by atoms with Crippen molar-refractivity contribution >= 4 is 27.5 Å². The second kappa shape index (κ2) is 5.75. The molecule has 0 aliphatic carbocycles. The van der Waals surface area contributed by atoms with Gasteiger partial charge in [0.2, 0.25) is 0 Å². The molecule has 3 nitrogen and oxygen atoms in total. The highest BCUT2D eigenvalue weighted by molar-refractivity contribution is 9.10. The van der Waals surface area contributed by atoms with Crippen LogP contribution in [-0.4, -0.2) is 20.9 Å². The van der Waals surface area contributed by atoms with Gasteiger partial charge in [-0.3, -0.25) is 0 Å². The first-order valence-electron chi connectivity index (χ1n) is 5.24. The van der Waals surface area contributed by atoms with E-state index in [-0.39, 0.29) is 10.2 Å². The molecule has 0 unspecified atom stereocenters. The largest absolute Gasteiger partial charge is 0.216 e. The molecule has 7 heteroatoms. The number of aromatic nitrogens is 3. The van der Waals surface area contributed by atoms with Crippen LogP contribution in [0.25, 0.3) is 5.69 Å². The molecule has 1 aromatic carbocycles. The van der Waals surface area contributed by atoms with Crippen LogP contribution in [0.1, 0.15) is 12.1 Å². The maximum atomic E-state index is 13.7. The van der Waals surface area contributed by atoms with Crippen LogP contribution in [0.15, 0.2) is 22.8 Å². The van der Waals surface area contributed by atoms with Crippen molar-refractivity contribution in [1.82, 2.24) is 15.0 Å². The van der Waals surface area contributed by atoms with E-state index in [1.807, 2.05) is 0 Å². The summed E-state index contributed by atoms with van der Waals surface area (Å²) in [5.74, 6) is -0.817. The lowest BCUT2D eigenvalue weighted by Crippen LogP contribution is -2.01. The molecule has 0 fully saturated rings. The van der Waals surface area contributed by atoms with Crippen LogP contribution < -0.4 is 0 Å². The van der Waals surface area contributed by atoms with E-state index < -0.39 is 11.6 Å². The molecule has 18 heavy (non-hydrogen) atoms. The average molecular weight is 337 g/mol. The molecule has 0 saturated heterocycles. The quantitative estimate of drug-likeness (QED) is 0.800. The predicted molar refractivity (Wildman–Crippen MR) is 68.0 cm³/mol. The fourth-order valence-electron chi connectivity index (χ4n) is 1.52. The lowest BCUT2D eigenvalue weighted by molar-refractivity contribution is 0.570. The summed E-state index contributed by atoms with van der Waals surface area (Å²) in [6, 6.07) is 1.98. The predicted octanol–water partition coefficient (Wildman–Crippen LogP) is 3.48. The highest BCUT2D eigenvalue weighted by Crippen LogP contribution is 2.25. The Labute approximate surface area is 116 Å². The molecule has 0 spiro atoms. The Morgan fingerprint density at radius 1 is 1.33 bits per heavy atom. The van der Waals surface area contributed by atoms with Gasteiger partial charge in [0.1, 0.15) is 11.5 Å². The minimum Gasteiger partial charge on any atom is -0.216 e. The molecular weight excluding hydrogens is 327 g/mol. The van der Waals surface area contributed by atoms with E-state index in [4.69, 9.17) is 11.6 Å². The molecule has 0 radical (unpaired) electrons. The molecule has 0 saturated carbocycles. The minimum atomic E-state index is -0.698. The molecule has 0 bridgehead atoms. The first kappa shape index (κ1) is 13.4. The molecule has 1 heterocycles. The lowest BCUT2D eigenvalue weighted by Gasteiger charge is -2.05. The van der Waals surface area contributed by atoms with Crippen LogP contribution >= 0.6 is 27.5 Å². The molecule has 2 rings (SSSR count). The number of rotatable bonds is 4. The van der Waals surface area contributed by atoms with Gasteiger partial charge in [0, 0.05) is 16.4 Å². The molecule has 1 aromatic heterocycles. The summed E-state index contributed by atoms with van der Waals surface area (Å²) in [5, 5.41) is 7.73. The summed E-state index contributed by atoms with van der Waals surface area (Å²) >= 11 is 8.69. The molecule has 0 aliphatic rings. The Morgan fingerprint density at radius 3 is 2.78 bits per heavy atom. The van der Waals surface area contributed by atoms with Crippen molar-refractivity contribution in [3.8, 4) is 5.69 Å². The SMILES string of the molecule is Fc1cc(F)c(-n2cc(CCCCl)nn2)c(Br)c1. The highest BCUT2D eigenvalue weighted by Gasteiger charge is 2.13. The smallest absolute Gasteiger partial charge is 0.152 e. The van der Waals surface area contributed by atoms with E-state index in [0.29, 0.717) is 18.0 Å². The van der Waals surface area contributed by atoms with Crippen LogP contribution in [-0.2, 0) is 6.42 Å². The summed E-state index contributed by atoms with van der Waals surface area (Å²) < 4.78 is 28.2. The molecule has 2 aromatic rings. The Balaban J connectivity index is 2.34. The second-order valence-corrected chi connectivity index (χ2v) is 4.90. The van der Waals surface area contributed by atoms with Crippen molar-refractivity contribution in [3.63, 3.8) is 0 Å². The molecule has 0 amide bonds. The topological polar surface area (TPSA) is 30.7 Å². The van der Waals surface area contributed by atoms with Crippen LogP contribution in [0.5, 0.6) is 0 Å². The van der Waals surface area contributed by atoms with Crippen molar-refractivity contribution in [2.45, 2.75) is 12.8 Å². The van der Waals surface area contributed by atoms with Crippen molar-refractivity contribution < 1.29 is 8.78 Å². The van der Waals surface area contributed by atoms with E-state index >= 15 is 0 Å². The molecule has 0 N–H and O–H groups in total. The third kappa shape index (κ3) is 2.87. The van der Waals surface area contributed by atoms with E-state index in [1.165, 1.54) is 10.7 Å². The van der Waals surface area contributed by atoms with Gasteiger partial charge in [-0.1, -0.05) is 5.21 Å². The monoisotopic (exact) mass is 335 g/mol. The number of nitrogens with zero attached hydrogens (tertiary/aromatic N) is 3. The standard InChI is InChI=1S/C11H9BrClF2N3/c12-9-4-7(14)5-10(15)11(9)18-6-8(16-17-18)2-1-3-13/h4-6H,1-3H2. The summed E-state index contributed by atoms with van der Waals surface area (Å²) in [6.07, 6.45) is 3.05. The van der Waals surface area contributed by atoms with Gasteiger partial charge in [0.15, 0.2) is 5.82 Å². The Hall–Kier alpha value is -1.01. The lowest BCUT2D eigenvalue weighted by atomic mass is 10.2. The number of halogens is 4.